The molecule has 0 amide bonds. The van der Waals surface area contributed by atoms with E-state index >= 15 is 0 Å². The molecule has 0 saturated carbocycles. The van der Waals surface area contributed by atoms with Crippen LogP contribution in [0.3, 0.4) is 0 Å². The van der Waals surface area contributed by atoms with Crippen LogP contribution in [0.2, 0.25) is 0 Å². The highest BCUT2D eigenvalue weighted by Crippen LogP contribution is 2.48. The third-order valence-corrected chi connectivity index (χ3v) is 18.6. The fourth-order valence-electron chi connectivity index (χ4n) is 14.1. The Morgan fingerprint density at radius 1 is 0.812 bits per heavy atom. The van der Waals surface area contributed by atoms with Gasteiger partial charge in [0.2, 0.25) is 0 Å². The van der Waals surface area contributed by atoms with Crippen LogP contribution in [0.1, 0.15) is 158 Å². The molecule has 7 aliphatic heterocycles. The van der Waals surface area contributed by atoms with E-state index in [1.54, 1.807) is 47.8 Å². The van der Waals surface area contributed by atoms with E-state index in [4.69, 9.17) is 47.4 Å². The Hall–Kier alpha value is -3.30. The third kappa shape index (κ3) is 18.2. The molecular formula is C63H95BrO21. The fourth-order valence-corrected chi connectivity index (χ4v) is 14.3. The number of ketones is 1. The lowest BCUT2D eigenvalue weighted by Gasteiger charge is -2.52. The van der Waals surface area contributed by atoms with Crippen LogP contribution in [0, 0.1) is 23.7 Å². The van der Waals surface area contributed by atoms with Crippen molar-refractivity contribution < 1.29 is 102 Å². The smallest absolute Gasteiger partial charge is 0.308 e. The quantitative estimate of drug-likeness (QED) is 0.0597. The van der Waals surface area contributed by atoms with E-state index in [0.29, 0.717) is 47.7 Å². The molecule has 7 N–H and O–H groups in total. The predicted molar refractivity (Wildman–Crippen MR) is 311 cm³/mol. The molecule has 21 nitrogen and oxygen atoms in total. The van der Waals surface area contributed by atoms with Crippen molar-refractivity contribution in [3.05, 3.63) is 59.7 Å². The first-order valence-corrected chi connectivity index (χ1v) is 31.1. The van der Waals surface area contributed by atoms with Crippen LogP contribution < -0.4 is 0 Å². The van der Waals surface area contributed by atoms with Gasteiger partial charge in [-0.05, 0) is 45.4 Å². The summed E-state index contributed by atoms with van der Waals surface area (Å²) in [6.45, 7) is 23.3. The van der Waals surface area contributed by atoms with Crippen molar-refractivity contribution in [2.75, 3.05) is 7.11 Å². The van der Waals surface area contributed by atoms with E-state index in [1.165, 1.54) is 19.9 Å². The average Bonchev–Trinajstić information content (AvgIpc) is 1.35. The molecule has 480 valence electrons. The number of methoxy groups -OCH3 is 1. The molecule has 7 aliphatic rings. The number of fused-ring (bicyclic) bond motifs is 8. The monoisotopic (exact) mass is 1270 g/mol. The van der Waals surface area contributed by atoms with Gasteiger partial charge in [-0.2, -0.15) is 0 Å². The topological polar surface area (TPSA) is 302 Å². The minimum absolute atomic E-state index is 0.0122. The van der Waals surface area contributed by atoms with Crippen LogP contribution in [0.25, 0.3) is 0 Å². The molecule has 0 aromatic rings. The number of carbonyl (C=O) groups is 4. The second-order valence-corrected chi connectivity index (χ2v) is 27.0. The number of hydrogen-bond donors (Lipinski definition) is 7. The summed E-state index contributed by atoms with van der Waals surface area (Å²) in [5.41, 5.74) is -0.473. The zero-order valence-electron chi connectivity index (χ0n) is 50.7. The number of rotatable bonds is 9. The summed E-state index contributed by atoms with van der Waals surface area (Å²) in [6.07, 6.45) is -8.17. The van der Waals surface area contributed by atoms with Gasteiger partial charge < -0.3 is 83.1 Å². The van der Waals surface area contributed by atoms with Crippen LogP contribution in [-0.4, -0.2) is 187 Å². The van der Waals surface area contributed by atoms with Crippen molar-refractivity contribution in [1.29, 1.82) is 0 Å². The van der Waals surface area contributed by atoms with Crippen molar-refractivity contribution in [2.45, 2.75) is 278 Å². The van der Waals surface area contributed by atoms with Crippen LogP contribution in [0.4, 0.5) is 0 Å². The highest BCUT2D eigenvalue weighted by molar-refractivity contribution is 9.11. The second-order valence-electron chi connectivity index (χ2n) is 25.9. The van der Waals surface area contributed by atoms with Crippen LogP contribution in [0.5, 0.6) is 0 Å². The maximum absolute atomic E-state index is 14.5. The van der Waals surface area contributed by atoms with E-state index in [1.807, 2.05) is 12.2 Å². The molecule has 6 fully saturated rings. The van der Waals surface area contributed by atoms with E-state index in [9.17, 15) is 54.9 Å². The standard InChI is InChI=1S/C63H95BrO21/c1-33(19-42(67)18-17-35(3)64)20-53-55(72)57-39(7)58(79-53)59(73)63(75)31-51(70)37(5)52(85-63)16-14-12-13-15-44-22-43(68)27-61(81-44)29-47(76-11)23-45(82-61)25-50(69)38(6)56(78-41(9)66)36(4)34(2)21-49-28-60(10,74)32-62(84-49)30-48(77-40(8)65)24-46(83-62)26-54(71)80-57/h13,15,17-18,36-39,42-49,51-53,55-59,67-68,70,72-75H,1-3,12,14,16,19-32H2,4-11H3/b15-13-,18-17+/t36-,37-,38-,39-,42-,43+,44+,45+,46-,47+,48+,49+,51+,52-,53-,55-,56+,57-,58-,59+,60+,61-,62-,63-/m1/s1. The first kappa shape index (κ1) is 69.2. The first-order valence-electron chi connectivity index (χ1n) is 30.3. The minimum Gasteiger partial charge on any atom is -0.462 e. The van der Waals surface area contributed by atoms with Gasteiger partial charge in [0.15, 0.2) is 17.4 Å². The molecule has 0 unspecified atom stereocenters. The predicted octanol–water partition coefficient (Wildman–Crippen LogP) is 6.07. The van der Waals surface area contributed by atoms with Crippen molar-refractivity contribution in [3.63, 3.8) is 0 Å². The van der Waals surface area contributed by atoms with Gasteiger partial charge in [-0.3, -0.25) is 19.2 Å². The molecule has 0 aliphatic carbocycles. The van der Waals surface area contributed by atoms with E-state index in [-0.39, 0.29) is 76.1 Å². The van der Waals surface area contributed by atoms with Gasteiger partial charge in [-0.15, -0.1) is 0 Å². The summed E-state index contributed by atoms with van der Waals surface area (Å²) in [5.74, 6) is -10.7. The Kier molecular flexibility index (Phi) is 23.7. The van der Waals surface area contributed by atoms with Gasteiger partial charge >= 0.3 is 17.9 Å². The molecule has 2 spiro atoms. The number of hydrogen-bond acceptors (Lipinski definition) is 21. The van der Waals surface area contributed by atoms with Gasteiger partial charge in [-0.1, -0.05) is 98.8 Å². The molecule has 24 atom stereocenters. The molecule has 7 heterocycles. The number of aliphatic hydroxyl groups is 7. The molecule has 0 aromatic heterocycles. The van der Waals surface area contributed by atoms with Crippen molar-refractivity contribution in [2.24, 2.45) is 23.7 Å². The lowest BCUT2D eigenvalue weighted by molar-refractivity contribution is -0.351. The number of allylic oxidation sites excluding steroid dienone is 3. The van der Waals surface area contributed by atoms with Crippen LogP contribution in [-0.2, 0) is 66.5 Å². The minimum atomic E-state index is -2.40. The number of ether oxygens (including phenoxy) is 10. The summed E-state index contributed by atoms with van der Waals surface area (Å²) in [7, 11) is 1.57. The maximum Gasteiger partial charge on any atom is 0.308 e. The van der Waals surface area contributed by atoms with Crippen molar-refractivity contribution >= 4 is 39.6 Å². The molecule has 0 radical (unpaired) electrons. The van der Waals surface area contributed by atoms with Crippen molar-refractivity contribution in [3.8, 4) is 0 Å². The zero-order valence-corrected chi connectivity index (χ0v) is 52.3. The summed E-state index contributed by atoms with van der Waals surface area (Å²) in [4.78, 5) is 54.3. The normalized spacial score (nSPS) is 44.5. The van der Waals surface area contributed by atoms with Gasteiger partial charge in [0.05, 0.1) is 85.1 Å². The summed E-state index contributed by atoms with van der Waals surface area (Å²) in [5, 5.41) is 82.5. The highest BCUT2D eigenvalue weighted by atomic mass is 79.9. The Bertz CT molecular complexity index is 2430. The van der Waals surface area contributed by atoms with Crippen LogP contribution >= 0.6 is 15.9 Å². The number of halogens is 1. The number of esters is 3. The molecule has 10 bridgehead atoms. The molecule has 22 heteroatoms. The van der Waals surface area contributed by atoms with Gasteiger partial charge in [-0.25, -0.2) is 0 Å². The molecular weight excluding hydrogens is 1170 g/mol. The van der Waals surface area contributed by atoms with E-state index in [0.717, 1.165) is 0 Å². The Morgan fingerprint density at radius 2 is 1.47 bits per heavy atom. The van der Waals surface area contributed by atoms with Crippen LogP contribution in [0.15, 0.2) is 59.7 Å². The number of Topliss-reactive ketones (excluding diaryl/α,β-unsaturated/α-hetero) is 1. The fraction of sp³-hybridized carbons (Fsp3) is 0.778. The molecule has 7 rings (SSSR count). The summed E-state index contributed by atoms with van der Waals surface area (Å²) in [6, 6.07) is 0. The first-order chi connectivity index (χ1) is 39.8. The molecule has 6 saturated heterocycles. The Morgan fingerprint density at radius 3 is 2.15 bits per heavy atom. The summed E-state index contributed by atoms with van der Waals surface area (Å²) < 4.78 is 64.0. The Balaban J connectivity index is 1.22. The second kappa shape index (κ2) is 29.1. The van der Waals surface area contributed by atoms with Gasteiger partial charge in [0.1, 0.15) is 36.3 Å². The Labute approximate surface area is 508 Å². The SMILES string of the molecule is C=C(Br)/C=C/[C@@H](O)CC(=C)C[C@H]1O[C@@H]2[C@H](C)[C@@H](OC(=O)C[C@H]3C[C@H](OC(C)=O)C[C@@]4(C[C@@](C)(O)C[C@H](CC(=C)[C@@H](C)[C@H](OC(C)=O)[C@H](C)C(=O)C[C@@H]5C[C@H](OC)C[C@@]6(C[C@@H](O)C[C@H](/C=C\CCC[C@H]7O[C@](O)(C[C@H](O)[C@H]7C)[C@H]2O)O6)O5)O4)O3)[C@@H]1O. The number of carbonyl (C=O) groups excluding carboxylic acids is 4. The summed E-state index contributed by atoms with van der Waals surface area (Å²) >= 11 is 3.24. The largest absolute Gasteiger partial charge is 0.462 e. The van der Waals surface area contributed by atoms with E-state index < -0.39 is 169 Å². The number of aliphatic hydroxyl groups excluding tert-OH is 5. The highest BCUT2D eigenvalue weighted by Gasteiger charge is 2.58. The van der Waals surface area contributed by atoms with Crippen molar-refractivity contribution in [1.82, 2.24) is 0 Å². The lowest BCUT2D eigenvalue weighted by Crippen LogP contribution is -2.65. The van der Waals surface area contributed by atoms with Gasteiger partial charge in [0, 0.05) is 107 Å². The average molecular weight is 1270 g/mol. The zero-order chi connectivity index (χ0) is 62.5. The maximum atomic E-state index is 14.5. The third-order valence-electron chi connectivity index (χ3n) is 18.3. The molecule has 85 heavy (non-hydrogen) atoms. The van der Waals surface area contributed by atoms with E-state index in [2.05, 4.69) is 35.7 Å². The molecule has 0 aromatic carbocycles. The van der Waals surface area contributed by atoms with Gasteiger partial charge in [0.25, 0.3) is 0 Å². The lowest BCUT2D eigenvalue weighted by atomic mass is 9.78.